The molecule has 0 aliphatic heterocycles. The van der Waals surface area contributed by atoms with Crippen LogP contribution in [0.1, 0.15) is 11.1 Å². The Bertz CT molecular complexity index is 659. The maximum absolute atomic E-state index is 13.5. The quantitative estimate of drug-likeness (QED) is 0.818. The van der Waals surface area contributed by atoms with Crippen LogP contribution in [-0.4, -0.2) is 6.61 Å². The lowest BCUT2D eigenvalue weighted by atomic mass is 10.1. The summed E-state index contributed by atoms with van der Waals surface area (Å²) in [6, 6.07) is 13.9. The Morgan fingerprint density at radius 2 is 2.00 bits per heavy atom. The molecule has 106 valence electrons. The van der Waals surface area contributed by atoms with Gasteiger partial charge in [0.15, 0.2) is 0 Å². The van der Waals surface area contributed by atoms with Gasteiger partial charge in [-0.05, 0) is 29.8 Å². The average molecular weight is 282 g/mol. The van der Waals surface area contributed by atoms with Crippen LogP contribution in [0.2, 0.25) is 0 Å². The van der Waals surface area contributed by atoms with Gasteiger partial charge in [0.05, 0.1) is 5.69 Å². The zero-order valence-electron chi connectivity index (χ0n) is 11.5. The third-order valence-corrected chi connectivity index (χ3v) is 2.90. The van der Waals surface area contributed by atoms with E-state index in [2.05, 4.69) is 11.9 Å². The van der Waals surface area contributed by atoms with Gasteiger partial charge in [0.1, 0.15) is 29.8 Å². The van der Waals surface area contributed by atoms with Crippen molar-refractivity contribution in [2.45, 2.75) is 6.54 Å². The first-order chi connectivity index (χ1) is 10.2. The second-order valence-electron chi connectivity index (χ2n) is 4.37. The molecule has 0 saturated carbocycles. The van der Waals surface area contributed by atoms with Crippen LogP contribution < -0.4 is 10.1 Å². The van der Waals surface area contributed by atoms with E-state index in [1.54, 1.807) is 18.2 Å². The van der Waals surface area contributed by atoms with Gasteiger partial charge in [0.2, 0.25) is 0 Å². The van der Waals surface area contributed by atoms with Gasteiger partial charge in [-0.1, -0.05) is 30.9 Å². The molecule has 21 heavy (non-hydrogen) atoms. The summed E-state index contributed by atoms with van der Waals surface area (Å²) in [4.78, 5) is 0. The normalized spacial score (nSPS) is 9.71. The van der Waals surface area contributed by atoms with Crippen LogP contribution in [-0.2, 0) is 6.54 Å². The first-order valence-corrected chi connectivity index (χ1v) is 6.49. The van der Waals surface area contributed by atoms with E-state index in [-0.39, 0.29) is 5.56 Å². The second-order valence-corrected chi connectivity index (χ2v) is 4.37. The van der Waals surface area contributed by atoms with E-state index >= 15 is 0 Å². The fraction of sp³-hybridized carbons (Fsp3) is 0.118. The van der Waals surface area contributed by atoms with Gasteiger partial charge >= 0.3 is 0 Å². The molecule has 0 aliphatic carbocycles. The third kappa shape index (κ3) is 3.83. The minimum Gasteiger partial charge on any atom is -0.490 e. The van der Waals surface area contributed by atoms with Gasteiger partial charge in [0.25, 0.3) is 0 Å². The molecule has 0 saturated heterocycles. The predicted octanol–water partition coefficient (Wildman–Crippen LogP) is 3.87. The van der Waals surface area contributed by atoms with Crippen LogP contribution in [0, 0.1) is 17.1 Å². The summed E-state index contributed by atoms with van der Waals surface area (Å²) in [5.74, 6) is 0.248. The molecule has 0 fully saturated rings. The molecule has 2 aromatic rings. The summed E-state index contributed by atoms with van der Waals surface area (Å²) in [6.45, 7) is 4.55. The lowest BCUT2D eigenvalue weighted by Gasteiger charge is -2.09. The first kappa shape index (κ1) is 14.6. The first-order valence-electron chi connectivity index (χ1n) is 6.49. The van der Waals surface area contributed by atoms with Crippen molar-refractivity contribution in [2.75, 3.05) is 11.9 Å². The number of anilines is 1. The molecule has 0 aliphatic rings. The van der Waals surface area contributed by atoms with E-state index in [1.807, 2.05) is 30.3 Å². The number of hydrogen-bond acceptors (Lipinski definition) is 3. The predicted molar refractivity (Wildman–Crippen MR) is 80.6 cm³/mol. The smallest absolute Gasteiger partial charge is 0.143 e. The molecular formula is C17H15FN2O. The highest BCUT2D eigenvalue weighted by molar-refractivity contribution is 5.58. The van der Waals surface area contributed by atoms with Gasteiger partial charge < -0.3 is 10.1 Å². The fourth-order valence-corrected chi connectivity index (χ4v) is 1.84. The minimum atomic E-state index is -0.518. The largest absolute Gasteiger partial charge is 0.490 e. The molecule has 0 amide bonds. The van der Waals surface area contributed by atoms with Crippen molar-refractivity contribution in [3.8, 4) is 11.8 Å². The van der Waals surface area contributed by atoms with Gasteiger partial charge in [-0.2, -0.15) is 5.26 Å². The number of nitrogens with one attached hydrogen (secondary N) is 1. The van der Waals surface area contributed by atoms with Crippen molar-refractivity contribution in [3.05, 3.63) is 72.1 Å². The van der Waals surface area contributed by atoms with Crippen LogP contribution >= 0.6 is 0 Å². The van der Waals surface area contributed by atoms with E-state index in [9.17, 15) is 4.39 Å². The molecule has 0 aromatic heterocycles. The minimum absolute atomic E-state index is 0.0310. The van der Waals surface area contributed by atoms with E-state index in [4.69, 9.17) is 10.00 Å². The zero-order valence-corrected chi connectivity index (χ0v) is 11.5. The fourth-order valence-electron chi connectivity index (χ4n) is 1.84. The summed E-state index contributed by atoms with van der Waals surface area (Å²) in [7, 11) is 0. The highest BCUT2D eigenvalue weighted by atomic mass is 19.1. The van der Waals surface area contributed by atoms with Crippen molar-refractivity contribution in [2.24, 2.45) is 0 Å². The van der Waals surface area contributed by atoms with Crippen LogP contribution in [0.15, 0.2) is 55.1 Å². The number of ether oxygens (including phenoxy) is 1. The number of benzene rings is 2. The number of nitrogens with zero attached hydrogens (tertiary/aromatic N) is 1. The molecule has 0 radical (unpaired) electrons. The molecule has 1 N–H and O–H groups in total. The molecule has 0 bridgehead atoms. The van der Waals surface area contributed by atoms with Gasteiger partial charge in [-0.3, -0.25) is 0 Å². The molecular weight excluding hydrogens is 267 g/mol. The SMILES string of the molecule is C=CCOc1ccc(CNc2cccc(F)c2C#N)cc1. The number of halogens is 1. The zero-order chi connectivity index (χ0) is 15.1. The van der Waals surface area contributed by atoms with Gasteiger partial charge in [0, 0.05) is 6.54 Å². The van der Waals surface area contributed by atoms with Crippen molar-refractivity contribution in [1.82, 2.24) is 0 Å². The Balaban J connectivity index is 2.02. The lowest BCUT2D eigenvalue weighted by molar-refractivity contribution is 0.363. The highest BCUT2D eigenvalue weighted by Gasteiger charge is 2.07. The lowest BCUT2D eigenvalue weighted by Crippen LogP contribution is -2.02. The number of nitriles is 1. The molecule has 2 rings (SSSR count). The molecule has 4 heteroatoms. The Kier molecular flexibility index (Phi) is 4.94. The molecule has 2 aromatic carbocycles. The van der Waals surface area contributed by atoms with Gasteiger partial charge in [-0.15, -0.1) is 0 Å². The summed E-state index contributed by atoms with van der Waals surface area (Å²) in [5.41, 5.74) is 1.53. The van der Waals surface area contributed by atoms with Crippen LogP contribution in [0.25, 0.3) is 0 Å². The van der Waals surface area contributed by atoms with E-state index < -0.39 is 5.82 Å². The molecule has 0 spiro atoms. The van der Waals surface area contributed by atoms with Crippen molar-refractivity contribution in [3.63, 3.8) is 0 Å². The van der Waals surface area contributed by atoms with E-state index in [0.717, 1.165) is 11.3 Å². The number of rotatable bonds is 6. The van der Waals surface area contributed by atoms with Crippen LogP contribution in [0.5, 0.6) is 5.75 Å². The third-order valence-electron chi connectivity index (χ3n) is 2.90. The summed E-state index contributed by atoms with van der Waals surface area (Å²) in [6.07, 6.45) is 1.68. The van der Waals surface area contributed by atoms with Crippen molar-refractivity contribution >= 4 is 5.69 Å². The maximum Gasteiger partial charge on any atom is 0.143 e. The monoisotopic (exact) mass is 282 g/mol. The van der Waals surface area contributed by atoms with Gasteiger partial charge in [-0.25, -0.2) is 4.39 Å². The molecule has 3 nitrogen and oxygen atoms in total. The Hall–Kier alpha value is -2.80. The highest BCUT2D eigenvalue weighted by Crippen LogP contribution is 2.19. The Morgan fingerprint density at radius 3 is 2.67 bits per heavy atom. The number of hydrogen-bond donors (Lipinski definition) is 1. The molecule has 0 unspecified atom stereocenters. The van der Waals surface area contributed by atoms with Crippen LogP contribution in [0.4, 0.5) is 10.1 Å². The molecule has 0 atom stereocenters. The second kappa shape index (κ2) is 7.11. The Labute approximate surface area is 123 Å². The van der Waals surface area contributed by atoms with E-state index in [1.165, 1.54) is 6.07 Å². The average Bonchev–Trinajstić information content (AvgIpc) is 2.52. The summed E-state index contributed by atoms with van der Waals surface area (Å²) in [5, 5.41) is 12.0. The summed E-state index contributed by atoms with van der Waals surface area (Å²) >= 11 is 0. The summed E-state index contributed by atoms with van der Waals surface area (Å²) < 4.78 is 18.9. The standard InChI is InChI=1S/C17H15FN2O/c1-2-10-21-14-8-6-13(7-9-14)12-20-17-5-3-4-16(18)15(17)11-19/h2-9,20H,1,10,12H2. The van der Waals surface area contributed by atoms with Crippen molar-refractivity contribution in [1.29, 1.82) is 5.26 Å². The van der Waals surface area contributed by atoms with E-state index in [0.29, 0.717) is 18.8 Å². The van der Waals surface area contributed by atoms with Crippen LogP contribution in [0.3, 0.4) is 0 Å². The van der Waals surface area contributed by atoms with Crippen molar-refractivity contribution < 1.29 is 9.13 Å². The maximum atomic E-state index is 13.5. The topological polar surface area (TPSA) is 45.0 Å². The Morgan fingerprint density at radius 1 is 1.24 bits per heavy atom. The molecule has 0 heterocycles.